The number of rotatable bonds is 2. The van der Waals surface area contributed by atoms with Crippen molar-refractivity contribution in [2.45, 2.75) is 4.90 Å². The molecule has 2 aliphatic rings. The van der Waals surface area contributed by atoms with Crippen LogP contribution in [0.1, 0.15) is 0 Å². The molecular formula is C11H16ClN3O2S. The summed E-state index contributed by atoms with van der Waals surface area (Å²) >= 11 is 0. The van der Waals surface area contributed by atoms with E-state index in [4.69, 9.17) is 0 Å². The van der Waals surface area contributed by atoms with Crippen LogP contribution in [-0.2, 0) is 10.0 Å². The number of nitrogens with one attached hydrogen (secondary N) is 1. The molecule has 2 atom stereocenters. The number of halogens is 1. The van der Waals surface area contributed by atoms with Crippen LogP contribution < -0.4 is 5.32 Å². The van der Waals surface area contributed by atoms with Gasteiger partial charge in [-0.05, 0) is 37.1 Å². The molecule has 0 aromatic carbocycles. The van der Waals surface area contributed by atoms with Crippen LogP contribution in [0.25, 0.3) is 0 Å². The minimum atomic E-state index is -3.34. The third-order valence-corrected chi connectivity index (χ3v) is 5.44. The highest BCUT2D eigenvalue weighted by Crippen LogP contribution is 2.30. The van der Waals surface area contributed by atoms with Gasteiger partial charge in [-0.15, -0.1) is 12.4 Å². The molecule has 1 aromatic heterocycles. The Morgan fingerprint density at radius 1 is 1.28 bits per heavy atom. The van der Waals surface area contributed by atoms with E-state index < -0.39 is 10.0 Å². The van der Waals surface area contributed by atoms with E-state index in [-0.39, 0.29) is 12.4 Å². The van der Waals surface area contributed by atoms with Crippen molar-refractivity contribution in [2.75, 3.05) is 26.2 Å². The van der Waals surface area contributed by atoms with Crippen molar-refractivity contribution >= 4 is 22.4 Å². The van der Waals surface area contributed by atoms with Crippen molar-refractivity contribution in [3.05, 3.63) is 24.5 Å². The Morgan fingerprint density at radius 2 is 1.94 bits per heavy atom. The van der Waals surface area contributed by atoms with Crippen molar-refractivity contribution in [3.8, 4) is 0 Å². The van der Waals surface area contributed by atoms with E-state index in [2.05, 4.69) is 10.3 Å². The lowest BCUT2D eigenvalue weighted by atomic mass is 10.0. The van der Waals surface area contributed by atoms with E-state index in [0.29, 0.717) is 29.8 Å². The first-order valence-electron chi connectivity index (χ1n) is 5.79. The van der Waals surface area contributed by atoms with Crippen LogP contribution >= 0.6 is 12.4 Å². The number of pyridine rings is 1. The third-order valence-electron chi connectivity index (χ3n) is 3.63. The van der Waals surface area contributed by atoms with E-state index in [9.17, 15) is 8.42 Å². The normalized spacial score (nSPS) is 27.8. The molecule has 0 bridgehead atoms. The molecule has 3 rings (SSSR count). The number of aromatic nitrogens is 1. The second-order valence-electron chi connectivity index (χ2n) is 4.69. The van der Waals surface area contributed by atoms with Gasteiger partial charge in [-0.3, -0.25) is 4.98 Å². The predicted octanol–water partition coefficient (Wildman–Crippen LogP) is 0.343. The predicted molar refractivity (Wildman–Crippen MR) is 70.1 cm³/mol. The highest BCUT2D eigenvalue weighted by molar-refractivity contribution is 7.89. The lowest BCUT2D eigenvalue weighted by Gasteiger charge is -2.16. The van der Waals surface area contributed by atoms with E-state index >= 15 is 0 Å². The molecule has 18 heavy (non-hydrogen) atoms. The van der Waals surface area contributed by atoms with Crippen molar-refractivity contribution < 1.29 is 8.42 Å². The Bertz CT molecular complexity index is 496. The largest absolute Gasteiger partial charge is 0.316 e. The maximum absolute atomic E-state index is 12.3. The second-order valence-corrected chi connectivity index (χ2v) is 6.63. The van der Waals surface area contributed by atoms with Gasteiger partial charge in [0, 0.05) is 25.5 Å². The summed E-state index contributed by atoms with van der Waals surface area (Å²) in [7, 11) is -3.34. The van der Waals surface area contributed by atoms with Gasteiger partial charge in [0.25, 0.3) is 0 Å². The zero-order chi connectivity index (χ0) is 11.9. The van der Waals surface area contributed by atoms with Gasteiger partial charge < -0.3 is 5.32 Å². The van der Waals surface area contributed by atoms with Gasteiger partial charge in [0.2, 0.25) is 10.0 Å². The molecule has 1 N–H and O–H groups in total. The summed E-state index contributed by atoms with van der Waals surface area (Å²) in [5, 5.41) is 3.30. The van der Waals surface area contributed by atoms with Gasteiger partial charge in [0.1, 0.15) is 4.90 Å². The minimum absolute atomic E-state index is 0. The molecule has 2 saturated heterocycles. The summed E-state index contributed by atoms with van der Waals surface area (Å²) in [6, 6.07) is 3.26. The molecule has 3 heterocycles. The van der Waals surface area contributed by atoms with Crippen LogP contribution in [-0.4, -0.2) is 43.9 Å². The number of fused-ring (bicyclic) bond motifs is 1. The highest BCUT2D eigenvalue weighted by Gasteiger charge is 2.41. The average molecular weight is 290 g/mol. The quantitative estimate of drug-likeness (QED) is 0.853. The molecule has 7 heteroatoms. The first kappa shape index (κ1) is 13.7. The third kappa shape index (κ3) is 2.25. The molecular weight excluding hydrogens is 274 g/mol. The summed E-state index contributed by atoms with van der Waals surface area (Å²) in [5.41, 5.74) is 0. The Hall–Kier alpha value is -0.690. The monoisotopic (exact) mass is 289 g/mol. The van der Waals surface area contributed by atoms with Gasteiger partial charge in [0.15, 0.2) is 0 Å². The van der Waals surface area contributed by atoms with Crippen LogP contribution in [0.4, 0.5) is 0 Å². The molecule has 0 amide bonds. The number of nitrogens with zero attached hydrogens (tertiary/aromatic N) is 2. The molecule has 0 unspecified atom stereocenters. The summed E-state index contributed by atoms with van der Waals surface area (Å²) in [6.45, 7) is 3.14. The van der Waals surface area contributed by atoms with E-state index in [1.165, 1.54) is 6.20 Å². The fraction of sp³-hybridized carbons (Fsp3) is 0.545. The zero-order valence-corrected chi connectivity index (χ0v) is 11.5. The summed E-state index contributed by atoms with van der Waals surface area (Å²) in [6.07, 6.45) is 3.00. The van der Waals surface area contributed by atoms with Crippen molar-refractivity contribution in [3.63, 3.8) is 0 Å². The Balaban J connectivity index is 0.00000120. The molecule has 5 nitrogen and oxygen atoms in total. The maximum Gasteiger partial charge on any atom is 0.244 e. The van der Waals surface area contributed by atoms with Crippen molar-refractivity contribution in [1.29, 1.82) is 0 Å². The SMILES string of the molecule is Cl.O=S(=O)(c1cccnc1)N1C[C@H]2CNC[C@H]2C1. The van der Waals surface area contributed by atoms with Gasteiger partial charge in [-0.25, -0.2) is 8.42 Å². The molecule has 2 fully saturated rings. The maximum atomic E-state index is 12.3. The molecule has 100 valence electrons. The van der Waals surface area contributed by atoms with Crippen LogP contribution in [0.2, 0.25) is 0 Å². The molecule has 0 aliphatic carbocycles. The van der Waals surface area contributed by atoms with Crippen LogP contribution in [0.3, 0.4) is 0 Å². The number of hydrogen-bond acceptors (Lipinski definition) is 4. The van der Waals surface area contributed by atoms with E-state index in [1.807, 2.05) is 0 Å². The van der Waals surface area contributed by atoms with E-state index in [0.717, 1.165) is 13.1 Å². The van der Waals surface area contributed by atoms with Crippen molar-refractivity contribution in [1.82, 2.24) is 14.6 Å². The summed E-state index contributed by atoms with van der Waals surface area (Å²) in [4.78, 5) is 4.18. The second kappa shape index (κ2) is 5.13. The Morgan fingerprint density at radius 3 is 2.50 bits per heavy atom. The van der Waals surface area contributed by atoms with E-state index in [1.54, 1.807) is 22.6 Å². The van der Waals surface area contributed by atoms with Gasteiger partial charge >= 0.3 is 0 Å². The Labute approximate surface area is 113 Å². The molecule has 2 aliphatic heterocycles. The highest BCUT2D eigenvalue weighted by atomic mass is 35.5. The molecule has 0 radical (unpaired) electrons. The fourth-order valence-electron chi connectivity index (χ4n) is 2.66. The number of hydrogen-bond donors (Lipinski definition) is 1. The lowest BCUT2D eigenvalue weighted by molar-refractivity contribution is 0.448. The topological polar surface area (TPSA) is 62.3 Å². The zero-order valence-electron chi connectivity index (χ0n) is 9.82. The standard InChI is InChI=1S/C11H15N3O2S.ClH/c15-17(16,11-2-1-3-12-6-11)14-7-9-4-13-5-10(9)8-14;/h1-3,6,9-10,13H,4-5,7-8H2;1H/t9-,10+;. The van der Waals surface area contributed by atoms with Crippen molar-refractivity contribution in [2.24, 2.45) is 11.8 Å². The molecule has 1 aromatic rings. The number of sulfonamides is 1. The smallest absolute Gasteiger partial charge is 0.244 e. The van der Waals surface area contributed by atoms with Crippen LogP contribution in [0.15, 0.2) is 29.4 Å². The Kier molecular flexibility index (Phi) is 3.91. The minimum Gasteiger partial charge on any atom is -0.316 e. The first-order chi connectivity index (χ1) is 8.18. The van der Waals surface area contributed by atoms with Crippen LogP contribution in [0.5, 0.6) is 0 Å². The first-order valence-corrected chi connectivity index (χ1v) is 7.23. The summed E-state index contributed by atoms with van der Waals surface area (Å²) in [5.74, 6) is 0.947. The summed E-state index contributed by atoms with van der Waals surface area (Å²) < 4.78 is 26.3. The fourth-order valence-corrected chi connectivity index (χ4v) is 4.18. The lowest BCUT2D eigenvalue weighted by Crippen LogP contribution is -2.32. The van der Waals surface area contributed by atoms with Crippen LogP contribution in [0, 0.1) is 11.8 Å². The average Bonchev–Trinajstić information content (AvgIpc) is 2.90. The van der Waals surface area contributed by atoms with Gasteiger partial charge in [-0.1, -0.05) is 0 Å². The van der Waals surface area contributed by atoms with Gasteiger partial charge in [0.05, 0.1) is 0 Å². The molecule has 0 spiro atoms. The molecule has 0 saturated carbocycles. The van der Waals surface area contributed by atoms with Gasteiger partial charge in [-0.2, -0.15) is 4.31 Å².